The van der Waals surface area contributed by atoms with Gasteiger partial charge in [-0.15, -0.1) is 0 Å². The molecule has 2 radical (unpaired) electrons. The molecule has 2 aromatic rings. The Kier molecular flexibility index (Phi) is 2.92. The van der Waals surface area contributed by atoms with Crippen molar-refractivity contribution in [2.75, 3.05) is 12.3 Å². The number of nitrogens with zero attached hydrogens (tertiary/aromatic N) is 4. The van der Waals surface area contributed by atoms with E-state index in [2.05, 4.69) is 15.0 Å². The normalized spacial score (nSPS) is 36.0. The van der Waals surface area contributed by atoms with Crippen LogP contribution in [0.25, 0.3) is 11.2 Å². The quantitative estimate of drug-likeness (QED) is 0.556. The van der Waals surface area contributed by atoms with Crippen molar-refractivity contribution in [1.29, 1.82) is 0 Å². The van der Waals surface area contributed by atoms with Crippen molar-refractivity contribution in [2.45, 2.75) is 24.9 Å². The molecule has 0 bridgehead atoms. The maximum atomic E-state index is 9.68. The second-order valence-electron chi connectivity index (χ2n) is 4.95. The molecule has 4 atom stereocenters. The first-order chi connectivity index (χ1) is 10.0. The molecule has 21 heavy (non-hydrogen) atoms. The molecular weight excluding hydrogens is 296 g/mol. The Bertz CT molecular complexity index is 697. The molecule has 108 valence electrons. The minimum absolute atomic E-state index is 0.200. The molecule has 2 fully saturated rings. The number of hydrogen-bond acceptors (Lipinski definition) is 8. The summed E-state index contributed by atoms with van der Waals surface area (Å²) in [6.07, 6.45) is 2.56. The summed E-state index contributed by atoms with van der Waals surface area (Å²) in [6.45, 7) is 0.200. The van der Waals surface area contributed by atoms with Gasteiger partial charge in [-0.1, -0.05) is 0 Å². The zero-order valence-electron chi connectivity index (χ0n) is 10.9. The van der Waals surface area contributed by atoms with E-state index in [9.17, 15) is 4.89 Å². The number of imidazole rings is 1. The maximum Gasteiger partial charge on any atom is 0.488 e. The standard InChI is InChI=1S/C10H12BN5O4P/c11-21(17)18-2-6-5(20-21)1-7(19-6)16-4-15-8-9(12)13-3-14-10(8)16/h3-7,17H,1-2H2,(H2,12,13,14)/q+1/t5-,6+,7+,21?/m0/s1. The Morgan fingerprint density at radius 3 is 3.10 bits per heavy atom. The second-order valence-corrected chi connectivity index (χ2v) is 6.55. The Labute approximate surface area is 121 Å². The van der Waals surface area contributed by atoms with Crippen LogP contribution in [0.3, 0.4) is 0 Å². The summed E-state index contributed by atoms with van der Waals surface area (Å²) in [5.74, 6) is 0.316. The van der Waals surface area contributed by atoms with Crippen LogP contribution in [0, 0.1) is 0 Å². The number of aromatic nitrogens is 4. The summed E-state index contributed by atoms with van der Waals surface area (Å²) in [6, 6.07) is 0. The number of nitrogens with two attached hydrogens (primary N) is 1. The van der Waals surface area contributed by atoms with Crippen molar-refractivity contribution >= 4 is 32.4 Å². The van der Waals surface area contributed by atoms with E-state index >= 15 is 0 Å². The predicted octanol–water partition coefficient (Wildman–Crippen LogP) is -0.0502. The molecule has 0 aromatic carbocycles. The topological polar surface area (TPSA) is 118 Å². The highest BCUT2D eigenvalue weighted by molar-refractivity contribution is 7.85. The first-order valence-corrected chi connectivity index (χ1v) is 8.00. The number of nitrogen functional groups attached to an aromatic ring is 1. The van der Waals surface area contributed by atoms with Gasteiger partial charge in [-0.25, -0.2) is 19.8 Å². The monoisotopic (exact) mass is 308 g/mol. The van der Waals surface area contributed by atoms with Crippen molar-refractivity contribution in [1.82, 2.24) is 19.5 Å². The largest absolute Gasteiger partial charge is 0.488 e. The van der Waals surface area contributed by atoms with E-state index in [1.165, 1.54) is 6.33 Å². The van der Waals surface area contributed by atoms with Crippen LogP contribution in [0.1, 0.15) is 12.6 Å². The molecule has 9 nitrogen and oxygen atoms in total. The summed E-state index contributed by atoms with van der Waals surface area (Å²) >= 11 is 0. The Morgan fingerprint density at radius 2 is 2.24 bits per heavy atom. The van der Waals surface area contributed by atoms with Crippen molar-refractivity contribution < 1.29 is 18.7 Å². The van der Waals surface area contributed by atoms with E-state index in [1.807, 2.05) is 0 Å². The number of fused-ring (bicyclic) bond motifs is 2. The summed E-state index contributed by atoms with van der Waals surface area (Å²) < 4.78 is 18.1. The van der Waals surface area contributed by atoms with Gasteiger partial charge in [0.1, 0.15) is 36.9 Å². The molecule has 4 rings (SSSR count). The lowest BCUT2D eigenvalue weighted by molar-refractivity contribution is -0.0591. The molecule has 2 aliphatic heterocycles. The zero-order valence-corrected chi connectivity index (χ0v) is 11.8. The van der Waals surface area contributed by atoms with Gasteiger partial charge >= 0.3 is 15.4 Å². The van der Waals surface area contributed by atoms with Gasteiger partial charge in [-0.3, -0.25) is 4.57 Å². The van der Waals surface area contributed by atoms with Gasteiger partial charge in [0.25, 0.3) is 0 Å². The molecule has 11 heteroatoms. The summed E-state index contributed by atoms with van der Waals surface area (Å²) in [4.78, 5) is 22.0. The third kappa shape index (κ3) is 2.19. The number of ether oxygens (including phenoxy) is 1. The first kappa shape index (κ1) is 13.4. The highest BCUT2D eigenvalue weighted by Crippen LogP contribution is 2.58. The Balaban J connectivity index is 1.64. The van der Waals surface area contributed by atoms with Crippen LogP contribution >= 0.6 is 7.82 Å². The van der Waals surface area contributed by atoms with E-state index in [1.54, 1.807) is 10.9 Å². The molecule has 1 unspecified atom stereocenters. The van der Waals surface area contributed by atoms with Gasteiger partial charge < -0.3 is 10.5 Å². The lowest BCUT2D eigenvalue weighted by Gasteiger charge is -2.26. The highest BCUT2D eigenvalue weighted by Gasteiger charge is 2.52. The van der Waals surface area contributed by atoms with Crippen LogP contribution in [0.2, 0.25) is 0 Å². The number of hydrogen-bond donors (Lipinski definition) is 2. The van der Waals surface area contributed by atoms with E-state index in [-0.39, 0.29) is 25.0 Å². The SMILES string of the molecule is [B][P+]1(O)OC[C@H]2O[C@@H](n3cnc4c(N)ncnc43)C[C@@H]2O1. The van der Waals surface area contributed by atoms with E-state index in [0.29, 0.717) is 23.4 Å². The van der Waals surface area contributed by atoms with Crippen molar-refractivity contribution in [3.8, 4) is 0 Å². The van der Waals surface area contributed by atoms with Crippen molar-refractivity contribution in [3.05, 3.63) is 12.7 Å². The fourth-order valence-electron chi connectivity index (χ4n) is 2.62. The molecule has 0 spiro atoms. The van der Waals surface area contributed by atoms with Gasteiger partial charge in [0.05, 0.1) is 6.33 Å². The van der Waals surface area contributed by atoms with Crippen molar-refractivity contribution in [3.63, 3.8) is 0 Å². The summed E-state index contributed by atoms with van der Waals surface area (Å²) in [5, 5.41) is 0. The minimum atomic E-state index is -3.22. The molecule has 2 saturated heterocycles. The third-order valence-corrected chi connectivity index (χ3v) is 4.68. The van der Waals surface area contributed by atoms with Crippen LogP contribution < -0.4 is 5.73 Å². The van der Waals surface area contributed by atoms with Crippen LogP contribution in [-0.2, 0) is 13.8 Å². The molecule has 0 amide bonds. The van der Waals surface area contributed by atoms with Crippen LogP contribution in [0.4, 0.5) is 5.82 Å². The van der Waals surface area contributed by atoms with Gasteiger partial charge in [-0.05, 0) is 0 Å². The average Bonchev–Trinajstić information content (AvgIpc) is 3.01. The average molecular weight is 308 g/mol. The Hall–Kier alpha value is -1.32. The summed E-state index contributed by atoms with van der Waals surface area (Å²) in [7, 11) is 2.30. The molecule has 0 aliphatic carbocycles. The molecule has 2 aromatic heterocycles. The van der Waals surface area contributed by atoms with E-state index in [4.69, 9.17) is 27.1 Å². The van der Waals surface area contributed by atoms with Gasteiger partial charge in [-0.2, -0.15) is 9.05 Å². The zero-order chi connectivity index (χ0) is 14.6. The molecular formula is C10H12BN5O4P+. The van der Waals surface area contributed by atoms with Crippen LogP contribution in [-0.4, -0.2) is 50.8 Å². The second kappa shape index (κ2) is 4.59. The van der Waals surface area contributed by atoms with E-state index < -0.39 is 7.82 Å². The predicted molar refractivity (Wildman–Crippen MR) is 74.0 cm³/mol. The number of rotatable bonds is 1. The van der Waals surface area contributed by atoms with Crippen LogP contribution in [0.5, 0.6) is 0 Å². The molecule has 0 saturated carbocycles. The Morgan fingerprint density at radius 1 is 1.38 bits per heavy atom. The van der Waals surface area contributed by atoms with Gasteiger partial charge in [0.2, 0.25) is 0 Å². The molecule has 2 aliphatic rings. The van der Waals surface area contributed by atoms with Gasteiger partial charge in [0, 0.05) is 6.42 Å². The van der Waals surface area contributed by atoms with Crippen molar-refractivity contribution in [2.24, 2.45) is 0 Å². The fourth-order valence-corrected chi connectivity index (χ4v) is 3.65. The summed E-state index contributed by atoms with van der Waals surface area (Å²) in [5.41, 5.74) is 6.88. The molecule has 4 heterocycles. The highest BCUT2D eigenvalue weighted by atomic mass is 31.2. The lowest BCUT2D eigenvalue weighted by atomic mass is 10.2. The smallest absolute Gasteiger partial charge is 0.382 e. The fraction of sp³-hybridized carbons (Fsp3) is 0.500. The maximum absolute atomic E-state index is 9.68. The molecule has 3 N–H and O–H groups in total. The lowest BCUT2D eigenvalue weighted by Crippen LogP contribution is -2.34. The van der Waals surface area contributed by atoms with E-state index in [0.717, 1.165) is 0 Å². The third-order valence-electron chi connectivity index (χ3n) is 3.59. The van der Waals surface area contributed by atoms with Gasteiger partial charge in [0.15, 0.2) is 11.5 Å². The minimum Gasteiger partial charge on any atom is -0.382 e. The first-order valence-electron chi connectivity index (χ1n) is 6.35. The number of anilines is 1. The van der Waals surface area contributed by atoms with Crippen LogP contribution in [0.15, 0.2) is 12.7 Å².